The molecule has 6 nitrogen and oxygen atoms in total. The van der Waals surface area contributed by atoms with Crippen LogP contribution in [0.3, 0.4) is 0 Å². The fraction of sp³-hybridized carbons (Fsp3) is 0.114. The van der Waals surface area contributed by atoms with E-state index >= 15 is 0 Å². The number of benzene rings is 4. The Morgan fingerprint density at radius 1 is 0.930 bits per heavy atom. The van der Waals surface area contributed by atoms with Crippen molar-refractivity contribution >= 4 is 40.7 Å². The average Bonchev–Trinajstić information content (AvgIpc) is 3.35. The summed E-state index contributed by atoms with van der Waals surface area (Å²) < 4.78 is 13.5. The molecule has 0 bridgehead atoms. The van der Waals surface area contributed by atoms with Crippen LogP contribution in [0.15, 0.2) is 125 Å². The number of hydrogen-bond donors (Lipinski definition) is 0. The van der Waals surface area contributed by atoms with Gasteiger partial charge in [-0.2, -0.15) is 0 Å². The monoisotopic (exact) mass is 606 g/mol. The predicted molar refractivity (Wildman–Crippen MR) is 170 cm³/mol. The molecule has 8 heteroatoms. The van der Waals surface area contributed by atoms with Crippen molar-refractivity contribution < 1.29 is 14.3 Å². The van der Waals surface area contributed by atoms with Crippen LogP contribution in [0.2, 0.25) is 5.02 Å². The van der Waals surface area contributed by atoms with Crippen LogP contribution in [0.25, 0.3) is 11.8 Å². The fourth-order valence-corrected chi connectivity index (χ4v) is 6.08. The van der Waals surface area contributed by atoms with Crippen LogP contribution >= 0.6 is 22.9 Å². The fourth-order valence-electron chi connectivity index (χ4n) is 4.95. The molecule has 0 fully saturated rings. The minimum Gasteiger partial charge on any atom is -0.489 e. The quantitative estimate of drug-likeness (QED) is 0.198. The number of halogens is 1. The molecular weight excluding hydrogens is 580 g/mol. The van der Waals surface area contributed by atoms with Gasteiger partial charge in [0, 0.05) is 10.6 Å². The molecule has 5 aromatic rings. The van der Waals surface area contributed by atoms with Gasteiger partial charge in [0.05, 0.1) is 28.5 Å². The van der Waals surface area contributed by atoms with E-state index in [-0.39, 0.29) is 12.2 Å². The van der Waals surface area contributed by atoms with E-state index in [4.69, 9.17) is 26.1 Å². The first kappa shape index (κ1) is 28.4. The topological polar surface area (TPSA) is 69.9 Å². The first-order valence-corrected chi connectivity index (χ1v) is 15.0. The SMILES string of the molecule is CCOC(=O)C1=C(c2ccccc2)N=c2s/c(=C\c3ccc(OCc4ccc(Cl)cc4)cc3)c(=O)n2C1c1ccccc1. The van der Waals surface area contributed by atoms with E-state index in [0.717, 1.165) is 22.3 Å². The summed E-state index contributed by atoms with van der Waals surface area (Å²) in [5.74, 6) is 0.214. The molecule has 43 heavy (non-hydrogen) atoms. The van der Waals surface area contributed by atoms with Crippen molar-refractivity contribution in [2.45, 2.75) is 19.6 Å². The van der Waals surface area contributed by atoms with Gasteiger partial charge in [-0.1, -0.05) is 108 Å². The van der Waals surface area contributed by atoms with E-state index in [1.807, 2.05) is 115 Å². The number of hydrogen-bond acceptors (Lipinski definition) is 6. The number of ether oxygens (including phenoxy) is 2. The second-order valence-corrected chi connectivity index (χ2v) is 11.3. The Morgan fingerprint density at radius 2 is 1.60 bits per heavy atom. The molecule has 1 aliphatic rings. The van der Waals surface area contributed by atoms with Crippen molar-refractivity contribution in [2.75, 3.05) is 6.61 Å². The van der Waals surface area contributed by atoms with Crippen LogP contribution in [0, 0.1) is 0 Å². The average molecular weight is 607 g/mol. The zero-order valence-corrected chi connectivity index (χ0v) is 24.8. The van der Waals surface area contributed by atoms with E-state index in [9.17, 15) is 9.59 Å². The van der Waals surface area contributed by atoms with Crippen molar-refractivity contribution in [3.8, 4) is 5.75 Å². The minimum absolute atomic E-state index is 0.204. The standard InChI is InChI=1S/C35H27ClN2O4S/c1-2-41-34(40)30-31(25-9-5-3-6-10-25)37-35-38(32(30)26-11-7-4-8-12-26)33(39)29(43-35)21-23-15-19-28(20-16-23)42-22-24-13-17-27(36)18-14-24/h3-21,32H,2,22H2,1H3/b29-21-. The van der Waals surface area contributed by atoms with E-state index in [0.29, 0.717) is 38.0 Å². The summed E-state index contributed by atoms with van der Waals surface area (Å²) in [6.07, 6.45) is 1.84. The second-order valence-electron chi connectivity index (χ2n) is 9.83. The van der Waals surface area contributed by atoms with E-state index < -0.39 is 12.0 Å². The molecule has 0 radical (unpaired) electrons. The first-order valence-electron chi connectivity index (χ1n) is 13.8. The van der Waals surface area contributed by atoms with Crippen LogP contribution in [0.1, 0.15) is 35.2 Å². The van der Waals surface area contributed by atoms with Gasteiger partial charge in [0.15, 0.2) is 4.80 Å². The number of thiazole rings is 1. The maximum Gasteiger partial charge on any atom is 0.338 e. The highest BCUT2D eigenvalue weighted by Gasteiger charge is 2.35. The third-order valence-corrected chi connectivity index (χ3v) is 8.22. The Hall–Kier alpha value is -4.72. The molecule has 1 aromatic heterocycles. The van der Waals surface area contributed by atoms with E-state index in [1.165, 1.54) is 11.3 Å². The number of fused-ring (bicyclic) bond motifs is 1. The molecule has 1 atom stereocenters. The summed E-state index contributed by atoms with van der Waals surface area (Å²) in [5, 5.41) is 0.682. The third kappa shape index (κ3) is 6.09. The Bertz CT molecular complexity index is 1960. The van der Waals surface area contributed by atoms with Crippen LogP contribution in [0.4, 0.5) is 0 Å². The Morgan fingerprint density at radius 3 is 2.28 bits per heavy atom. The van der Waals surface area contributed by atoms with Gasteiger partial charge in [-0.15, -0.1) is 0 Å². The first-order chi connectivity index (χ1) is 21.0. The van der Waals surface area contributed by atoms with Gasteiger partial charge in [-0.3, -0.25) is 9.36 Å². The highest BCUT2D eigenvalue weighted by Crippen LogP contribution is 2.35. The molecular formula is C35H27ClN2O4S. The summed E-state index contributed by atoms with van der Waals surface area (Å²) in [5.41, 5.74) is 4.04. The van der Waals surface area contributed by atoms with Gasteiger partial charge >= 0.3 is 5.97 Å². The van der Waals surface area contributed by atoms with Gasteiger partial charge in [-0.25, -0.2) is 9.79 Å². The number of aromatic nitrogens is 1. The molecule has 0 amide bonds. The van der Waals surface area contributed by atoms with Gasteiger partial charge in [0.2, 0.25) is 0 Å². The number of rotatable bonds is 8. The summed E-state index contributed by atoms with van der Waals surface area (Å²) in [4.78, 5) is 32.9. The van der Waals surface area contributed by atoms with Crippen molar-refractivity contribution in [1.82, 2.24) is 4.57 Å². The zero-order valence-electron chi connectivity index (χ0n) is 23.3. The highest BCUT2D eigenvalue weighted by molar-refractivity contribution is 7.07. The van der Waals surface area contributed by atoms with Crippen molar-refractivity contribution in [3.63, 3.8) is 0 Å². The Kier molecular flexibility index (Phi) is 8.36. The van der Waals surface area contributed by atoms with Crippen LogP contribution in [-0.4, -0.2) is 17.1 Å². The van der Waals surface area contributed by atoms with Gasteiger partial charge in [0.25, 0.3) is 5.56 Å². The molecule has 0 N–H and O–H groups in total. The molecule has 1 unspecified atom stereocenters. The number of carbonyl (C=O) groups is 1. The van der Waals surface area contributed by atoms with Gasteiger partial charge in [-0.05, 0) is 54.0 Å². The summed E-state index contributed by atoms with van der Waals surface area (Å²) in [6, 6.07) is 33.4. The maximum absolute atomic E-state index is 14.0. The molecule has 0 aliphatic carbocycles. The predicted octanol–water partition coefficient (Wildman–Crippen LogP) is 6.17. The molecule has 1 aliphatic heterocycles. The largest absolute Gasteiger partial charge is 0.489 e. The van der Waals surface area contributed by atoms with E-state index in [1.54, 1.807) is 11.5 Å². The third-order valence-electron chi connectivity index (χ3n) is 6.99. The normalized spacial score (nSPS) is 14.7. The molecule has 4 aromatic carbocycles. The lowest BCUT2D eigenvalue weighted by atomic mass is 9.93. The lowest BCUT2D eigenvalue weighted by Gasteiger charge is -2.25. The lowest BCUT2D eigenvalue weighted by molar-refractivity contribution is -0.138. The van der Waals surface area contributed by atoms with Gasteiger partial charge in [0.1, 0.15) is 12.4 Å². The molecule has 0 saturated heterocycles. The van der Waals surface area contributed by atoms with Crippen molar-refractivity contribution in [1.29, 1.82) is 0 Å². The molecule has 6 rings (SSSR count). The minimum atomic E-state index is -0.697. The molecule has 214 valence electrons. The lowest BCUT2D eigenvalue weighted by Crippen LogP contribution is -2.39. The molecule has 0 spiro atoms. The van der Waals surface area contributed by atoms with E-state index in [2.05, 4.69) is 0 Å². The zero-order chi connectivity index (χ0) is 29.8. The second kappa shape index (κ2) is 12.7. The van der Waals surface area contributed by atoms with Crippen molar-refractivity contribution in [2.24, 2.45) is 4.99 Å². The summed E-state index contributed by atoms with van der Waals surface area (Å²) in [6.45, 7) is 2.39. The number of carbonyl (C=O) groups excluding carboxylic acids is 1. The van der Waals surface area contributed by atoms with Crippen LogP contribution in [-0.2, 0) is 16.1 Å². The molecule has 2 heterocycles. The number of esters is 1. The summed E-state index contributed by atoms with van der Waals surface area (Å²) in [7, 11) is 0. The van der Waals surface area contributed by atoms with Gasteiger partial charge < -0.3 is 9.47 Å². The van der Waals surface area contributed by atoms with Crippen molar-refractivity contribution in [3.05, 3.63) is 162 Å². The Labute approximate surface area is 257 Å². The smallest absolute Gasteiger partial charge is 0.338 e. The van der Waals surface area contributed by atoms with Crippen LogP contribution in [0.5, 0.6) is 5.75 Å². The van der Waals surface area contributed by atoms with Crippen LogP contribution < -0.4 is 19.6 Å². The molecule has 0 saturated carbocycles. The number of nitrogens with zero attached hydrogens (tertiary/aromatic N) is 2. The maximum atomic E-state index is 14.0. The highest BCUT2D eigenvalue weighted by atomic mass is 35.5. The summed E-state index contributed by atoms with van der Waals surface area (Å²) >= 11 is 7.26. The Balaban J connectivity index is 1.41.